The summed E-state index contributed by atoms with van der Waals surface area (Å²) in [6.45, 7) is 2.02. The Morgan fingerprint density at radius 3 is 2.50 bits per heavy atom. The van der Waals surface area contributed by atoms with Crippen molar-refractivity contribution in [2.45, 2.75) is 6.92 Å². The van der Waals surface area contributed by atoms with Crippen LogP contribution < -0.4 is 10.6 Å². The number of amides is 2. The number of halogens is 1. The molecule has 8 heteroatoms. The van der Waals surface area contributed by atoms with Gasteiger partial charge in [0.15, 0.2) is 0 Å². The van der Waals surface area contributed by atoms with Crippen molar-refractivity contribution < 1.29 is 23.9 Å². The van der Waals surface area contributed by atoms with E-state index in [0.29, 0.717) is 5.56 Å². The molecule has 0 aliphatic carbocycles. The van der Waals surface area contributed by atoms with Gasteiger partial charge in [0.25, 0.3) is 5.91 Å². The average Bonchev–Trinajstić information content (AvgIpc) is 2.46. The molecule has 0 aliphatic rings. The molecule has 0 aromatic heterocycles. The lowest BCUT2D eigenvalue weighted by Gasteiger charge is -2.07. The number of carbonyl (C=O) groups is 3. The number of thioether (sulfide) groups is 1. The molecular formula is C14H17FN2O4S. The molecule has 0 saturated carbocycles. The summed E-state index contributed by atoms with van der Waals surface area (Å²) in [5.41, 5.74) is 0.675. The van der Waals surface area contributed by atoms with Crippen LogP contribution in [0.1, 0.15) is 15.9 Å². The lowest BCUT2D eigenvalue weighted by Crippen LogP contribution is -2.35. The SMILES string of the molecule is Cc1ccc(C(=O)NCCNC(=O)CSCC(=O)O)cc1F. The second-order valence-electron chi connectivity index (χ2n) is 4.46. The van der Waals surface area contributed by atoms with Gasteiger partial charge in [0.2, 0.25) is 5.91 Å². The minimum atomic E-state index is -0.976. The molecule has 0 radical (unpaired) electrons. The van der Waals surface area contributed by atoms with Gasteiger partial charge < -0.3 is 15.7 Å². The summed E-state index contributed by atoms with van der Waals surface area (Å²) in [5.74, 6) is -2.24. The zero-order valence-electron chi connectivity index (χ0n) is 12.0. The Morgan fingerprint density at radius 1 is 1.18 bits per heavy atom. The van der Waals surface area contributed by atoms with E-state index in [9.17, 15) is 18.8 Å². The summed E-state index contributed by atoms with van der Waals surface area (Å²) in [7, 11) is 0. The van der Waals surface area contributed by atoms with Crippen LogP contribution in [0.5, 0.6) is 0 Å². The van der Waals surface area contributed by atoms with Crippen molar-refractivity contribution in [3.8, 4) is 0 Å². The van der Waals surface area contributed by atoms with Crippen molar-refractivity contribution in [1.82, 2.24) is 10.6 Å². The monoisotopic (exact) mass is 328 g/mol. The molecule has 0 aliphatic heterocycles. The van der Waals surface area contributed by atoms with Crippen LogP contribution in [0.15, 0.2) is 18.2 Å². The maximum Gasteiger partial charge on any atom is 0.313 e. The predicted molar refractivity (Wildman–Crippen MR) is 81.4 cm³/mol. The fourth-order valence-electron chi connectivity index (χ4n) is 1.50. The van der Waals surface area contributed by atoms with Crippen LogP contribution in [0.2, 0.25) is 0 Å². The van der Waals surface area contributed by atoms with E-state index in [1.165, 1.54) is 12.1 Å². The van der Waals surface area contributed by atoms with Gasteiger partial charge in [-0.1, -0.05) is 6.07 Å². The molecule has 0 fully saturated rings. The molecule has 1 rings (SSSR count). The Labute approximate surface area is 131 Å². The molecule has 2 amide bonds. The van der Waals surface area contributed by atoms with Crippen molar-refractivity contribution in [3.63, 3.8) is 0 Å². The van der Waals surface area contributed by atoms with Gasteiger partial charge in [-0.25, -0.2) is 4.39 Å². The summed E-state index contributed by atoms with van der Waals surface area (Å²) in [5, 5.41) is 13.5. The first-order valence-corrected chi connectivity index (χ1v) is 7.66. The van der Waals surface area contributed by atoms with Gasteiger partial charge >= 0.3 is 5.97 Å². The van der Waals surface area contributed by atoms with E-state index in [4.69, 9.17) is 5.11 Å². The van der Waals surface area contributed by atoms with Crippen molar-refractivity contribution in [2.75, 3.05) is 24.6 Å². The molecular weight excluding hydrogens is 311 g/mol. The van der Waals surface area contributed by atoms with Crippen molar-refractivity contribution in [3.05, 3.63) is 35.1 Å². The Morgan fingerprint density at radius 2 is 1.86 bits per heavy atom. The zero-order valence-corrected chi connectivity index (χ0v) is 12.8. The number of hydrogen-bond donors (Lipinski definition) is 3. The minimum Gasteiger partial charge on any atom is -0.481 e. The molecule has 22 heavy (non-hydrogen) atoms. The second-order valence-corrected chi connectivity index (χ2v) is 5.44. The molecule has 0 atom stereocenters. The normalized spacial score (nSPS) is 10.1. The van der Waals surface area contributed by atoms with Crippen molar-refractivity contribution >= 4 is 29.5 Å². The topological polar surface area (TPSA) is 95.5 Å². The van der Waals surface area contributed by atoms with Gasteiger partial charge in [0.1, 0.15) is 5.82 Å². The number of carboxylic acid groups (broad SMARTS) is 1. The highest BCUT2D eigenvalue weighted by Gasteiger charge is 2.08. The first kappa shape index (κ1) is 18.0. The van der Waals surface area contributed by atoms with Crippen LogP contribution in [0.3, 0.4) is 0 Å². The number of nitrogens with one attached hydrogen (secondary N) is 2. The Bertz CT molecular complexity index is 566. The van der Waals surface area contributed by atoms with Crippen LogP contribution in [0.25, 0.3) is 0 Å². The number of carbonyl (C=O) groups excluding carboxylic acids is 2. The van der Waals surface area contributed by atoms with Gasteiger partial charge in [-0.3, -0.25) is 14.4 Å². The lowest BCUT2D eigenvalue weighted by molar-refractivity contribution is -0.133. The smallest absolute Gasteiger partial charge is 0.313 e. The zero-order chi connectivity index (χ0) is 16.5. The average molecular weight is 328 g/mol. The summed E-state index contributed by atoms with van der Waals surface area (Å²) in [6, 6.07) is 4.20. The quantitative estimate of drug-likeness (QED) is 0.614. The summed E-state index contributed by atoms with van der Waals surface area (Å²) >= 11 is 0.993. The molecule has 0 heterocycles. The van der Waals surface area contributed by atoms with E-state index in [1.54, 1.807) is 6.92 Å². The third-order valence-corrected chi connectivity index (χ3v) is 3.54. The Hall–Kier alpha value is -2.09. The van der Waals surface area contributed by atoms with Gasteiger partial charge in [-0.05, 0) is 24.6 Å². The highest BCUT2D eigenvalue weighted by molar-refractivity contribution is 8.00. The van der Waals surface area contributed by atoms with Gasteiger partial charge in [-0.15, -0.1) is 11.8 Å². The fraction of sp³-hybridized carbons (Fsp3) is 0.357. The van der Waals surface area contributed by atoms with E-state index < -0.39 is 17.7 Å². The van der Waals surface area contributed by atoms with Crippen molar-refractivity contribution in [2.24, 2.45) is 0 Å². The van der Waals surface area contributed by atoms with Gasteiger partial charge in [0, 0.05) is 18.7 Å². The van der Waals surface area contributed by atoms with Crippen molar-refractivity contribution in [1.29, 1.82) is 0 Å². The number of rotatable bonds is 8. The number of hydrogen-bond acceptors (Lipinski definition) is 4. The van der Waals surface area contributed by atoms with Crippen LogP contribution >= 0.6 is 11.8 Å². The van der Waals surface area contributed by atoms with Crippen LogP contribution in [-0.4, -0.2) is 47.5 Å². The first-order valence-electron chi connectivity index (χ1n) is 6.50. The molecule has 0 unspecified atom stereocenters. The maximum atomic E-state index is 13.3. The number of benzene rings is 1. The largest absolute Gasteiger partial charge is 0.481 e. The molecule has 3 N–H and O–H groups in total. The first-order chi connectivity index (χ1) is 10.4. The standard InChI is InChI=1S/C14H17FN2O4S/c1-9-2-3-10(6-11(9)15)14(21)17-5-4-16-12(18)7-22-8-13(19)20/h2-3,6H,4-5,7-8H2,1H3,(H,16,18)(H,17,21)(H,19,20). The number of carboxylic acids is 1. The summed E-state index contributed by atoms with van der Waals surface area (Å²) in [6.07, 6.45) is 0. The minimum absolute atomic E-state index is 0.0451. The third-order valence-electron chi connectivity index (χ3n) is 2.63. The molecule has 0 bridgehead atoms. The van der Waals surface area contributed by atoms with E-state index in [2.05, 4.69) is 10.6 Å². The van der Waals surface area contributed by atoms with E-state index in [0.717, 1.165) is 17.8 Å². The van der Waals surface area contributed by atoms with Gasteiger partial charge in [0.05, 0.1) is 11.5 Å². The van der Waals surface area contributed by atoms with Crippen LogP contribution in [-0.2, 0) is 9.59 Å². The Kier molecular flexibility index (Phi) is 7.38. The lowest BCUT2D eigenvalue weighted by atomic mass is 10.1. The fourth-order valence-corrected chi connectivity index (χ4v) is 2.06. The molecule has 1 aromatic carbocycles. The number of aliphatic carboxylic acids is 1. The van der Waals surface area contributed by atoms with E-state index in [1.807, 2.05) is 0 Å². The third kappa shape index (κ3) is 6.57. The molecule has 0 saturated heterocycles. The highest BCUT2D eigenvalue weighted by Crippen LogP contribution is 2.08. The molecule has 0 spiro atoms. The predicted octanol–water partition coefficient (Wildman–Crippen LogP) is 0.798. The van der Waals surface area contributed by atoms with E-state index in [-0.39, 0.29) is 36.1 Å². The highest BCUT2D eigenvalue weighted by atomic mass is 32.2. The summed E-state index contributed by atoms with van der Waals surface area (Å²) < 4.78 is 13.3. The van der Waals surface area contributed by atoms with Gasteiger partial charge in [-0.2, -0.15) is 0 Å². The second kappa shape index (κ2) is 9.04. The van der Waals surface area contributed by atoms with Crippen LogP contribution in [0.4, 0.5) is 4.39 Å². The molecule has 6 nitrogen and oxygen atoms in total. The van der Waals surface area contributed by atoms with Crippen LogP contribution in [0, 0.1) is 12.7 Å². The maximum absolute atomic E-state index is 13.3. The molecule has 120 valence electrons. The summed E-state index contributed by atoms with van der Waals surface area (Å²) in [4.78, 5) is 33.3. The number of aryl methyl sites for hydroxylation is 1. The van der Waals surface area contributed by atoms with E-state index >= 15 is 0 Å². The Balaban J connectivity index is 2.23. The molecule has 1 aromatic rings.